The van der Waals surface area contributed by atoms with Crippen LogP contribution in [0.4, 0.5) is 0 Å². The van der Waals surface area contributed by atoms with E-state index in [0.717, 1.165) is 0 Å². The van der Waals surface area contributed by atoms with Crippen LogP contribution in [-0.2, 0) is 0 Å². The van der Waals surface area contributed by atoms with Crippen molar-refractivity contribution in [3.8, 4) is 11.8 Å². The minimum absolute atomic E-state index is 0.0440. The molecule has 0 saturated carbocycles. The second kappa shape index (κ2) is 4.17. The maximum Gasteiger partial charge on any atom is 0.0984 e. The summed E-state index contributed by atoms with van der Waals surface area (Å²) in [5.74, 6) is 5.37. The molecule has 0 aliphatic carbocycles. The Hall–Kier alpha value is -0.0000000000000000208. The molecule has 0 aliphatic rings. The Morgan fingerprint density at radius 2 is 2.43 bits per heavy atom. The van der Waals surface area contributed by atoms with Crippen LogP contribution >= 0.6 is 15.9 Å². The molecule has 1 N–H and O–H groups in total. The Morgan fingerprint density at radius 3 is 2.57 bits per heavy atom. The van der Waals surface area contributed by atoms with Crippen molar-refractivity contribution in [2.24, 2.45) is 0 Å². The summed E-state index contributed by atoms with van der Waals surface area (Å²) in [6.45, 7) is 1.82. The molecule has 0 fully saturated rings. The van der Waals surface area contributed by atoms with Gasteiger partial charge in [0.2, 0.25) is 0 Å². The van der Waals surface area contributed by atoms with E-state index in [4.69, 9.17) is 5.11 Å². The Morgan fingerprint density at radius 1 is 1.86 bits per heavy atom. The molecule has 0 aromatic heterocycles. The first kappa shape index (κ1) is 7.00. The minimum Gasteiger partial charge on any atom is -0.394 e. The average molecular weight is 163 g/mol. The van der Waals surface area contributed by atoms with Gasteiger partial charge in [0.1, 0.15) is 0 Å². The summed E-state index contributed by atoms with van der Waals surface area (Å²) in [7, 11) is 0. The molecular formula is C5H7BrO. The highest BCUT2D eigenvalue weighted by molar-refractivity contribution is 9.09. The molecule has 0 radical (unpaired) electrons. The van der Waals surface area contributed by atoms with E-state index in [9.17, 15) is 0 Å². The molecule has 0 saturated heterocycles. The van der Waals surface area contributed by atoms with Gasteiger partial charge in [0, 0.05) is 0 Å². The number of halogens is 1. The van der Waals surface area contributed by atoms with E-state index < -0.39 is 0 Å². The lowest BCUT2D eigenvalue weighted by atomic mass is 10.4. The van der Waals surface area contributed by atoms with Crippen molar-refractivity contribution in [1.82, 2.24) is 0 Å². The lowest BCUT2D eigenvalue weighted by molar-refractivity contribution is 0.310. The highest BCUT2D eigenvalue weighted by Crippen LogP contribution is 1.92. The molecule has 0 aliphatic heterocycles. The van der Waals surface area contributed by atoms with E-state index in [1.807, 2.05) is 0 Å². The molecule has 1 atom stereocenters. The molecule has 0 heterocycles. The first-order valence-corrected chi connectivity index (χ1v) is 2.90. The number of aliphatic hydroxyl groups excluding tert-OH is 1. The molecule has 2 heteroatoms. The Kier molecular flexibility index (Phi) is 4.17. The van der Waals surface area contributed by atoms with E-state index in [-0.39, 0.29) is 11.4 Å². The van der Waals surface area contributed by atoms with E-state index in [1.54, 1.807) is 6.92 Å². The normalized spacial score (nSPS) is 11.9. The van der Waals surface area contributed by atoms with Gasteiger partial charge < -0.3 is 5.11 Å². The second-order valence-electron chi connectivity index (χ2n) is 1.04. The third kappa shape index (κ3) is 3.84. The standard InChI is InChI=1S/C5H7BrO/c1-2-3-5(6)4-7/h5,7H,4H2,1H3. The van der Waals surface area contributed by atoms with Crippen LogP contribution in [0.1, 0.15) is 6.92 Å². The topological polar surface area (TPSA) is 20.2 Å². The first-order chi connectivity index (χ1) is 3.31. The van der Waals surface area contributed by atoms with Crippen LogP contribution in [0.15, 0.2) is 0 Å². The van der Waals surface area contributed by atoms with Gasteiger partial charge in [-0.1, -0.05) is 21.9 Å². The Labute approximate surface area is 51.9 Å². The predicted molar refractivity (Wildman–Crippen MR) is 33.3 cm³/mol. The number of alkyl halides is 1. The van der Waals surface area contributed by atoms with Gasteiger partial charge in [0.15, 0.2) is 0 Å². The fraction of sp³-hybridized carbons (Fsp3) is 0.600. The molecule has 1 nitrogen and oxygen atoms in total. The highest BCUT2D eigenvalue weighted by Gasteiger charge is 1.90. The zero-order valence-corrected chi connectivity index (χ0v) is 5.70. The first-order valence-electron chi connectivity index (χ1n) is 1.98. The molecule has 7 heavy (non-hydrogen) atoms. The van der Waals surface area contributed by atoms with Crippen LogP contribution in [0.5, 0.6) is 0 Å². The molecule has 0 spiro atoms. The summed E-state index contributed by atoms with van der Waals surface area (Å²) >= 11 is 3.11. The zero-order chi connectivity index (χ0) is 5.70. The number of rotatable bonds is 1. The third-order valence-electron chi connectivity index (χ3n) is 0.461. The van der Waals surface area contributed by atoms with E-state index in [1.165, 1.54) is 0 Å². The molecule has 40 valence electrons. The summed E-state index contributed by atoms with van der Waals surface area (Å²) in [6.07, 6.45) is 0. The lowest BCUT2D eigenvalue weighted by Gasteiger charge is -1.88. The van der Waals surface area contributed by atoms with Gasteiger partial charge in [-0.25, -0.2) is 0 Å². The van der Waals surface area contributed by atoms with Gasteiger partial charge in [0.25, 0.3) is 0 Å². The van der Waals surface area contributed by atoms with Crippen LogP contribution < -0.4 is 0 Å². The fourth-order valence-electron chi connectivity index (χ4n) is 0.202. The van der Waals surface area contributed by atoms with Crippen LogP contribution in [0.25, 0.3) is 0 Å². The number of hydrogen-bond acceptors (Lipinski definition) is 1. The quantitative estimate of drug-likeness (QED) is 0.447. The second-order valence-corrected chi connectivity index (χ2v) is 2.15. The van der Waals surface area contributed by atoms with Crippen molar-refractivity contribution in [3.63, 3.8) is 0 Å². The summed E-state index contributed by atoms with van der Waals surface area (Å²) < 4.78 is 0. The maximum absolute atomic E-state index is 8.32. The summed E-state index contributed by atoms with van der Waals surface area (Å²) in [5, 5.41) is 8.32. The monoisotopic (exact) mass is 162 g/mol. The molecule has 0 aromatic rings. The van der Waals surface area contributed by atoms with Gasteiger partial charge in [-0.05, 0) is 6.92 Å². The Bertz CT molecular complexity index is 90.0. The molecular weight excluding hydrogens is 156 g/mol. The summed E-state index contributed by atoms with van der Waals surface area (Å²) in [4.78, 5) is -0.0440. The summed E-state index contributed by atoms with van der Waals surface area (Å²) in [5.41, 5.74) is 0. The largest absolute Gasteiger partial charge is 0.394 e. The van der Waals surface area contributed by atoms with Gasteiger partial charge in [-0.3, -0.25) is 0 Å². The zero-order valence-electron chi connectivity index (χ0n) is 4.11. The predicted octanol–water partition coefficient (Wildman–Crippen LogP) is 0.765. The van der Waals surface area contributed by atoms with Crippen LogP contribution in [0, 0.1) is 11.8 Å². The van der Waals surface area contributed by atoms with Crippen molar-refractivity contribution >= 4 is 15.9 Å². The van der Waals surface area contributed by atoms with Crippen molar-refractivity contribution in [2.45, 2.75) is 11.8 Å². The average Bonchev–Trinajstić information content (AvgIpc) is 1.68. The Balaban J connectivity index is 3.29. The van der Waals surface area contributed by atoms with Gasteiger partial charge >= 0.3 is 0 Å². The van der Waals surface area contributed by atoms with Gasteiger partial charge in [-0.2, -0.15) is 0 Å². The highest BCUT2D eigenvalue weighted by atomic mass is 79.9. The van der Waals surface area contributed by atoms with Crippen LogP contribution in [0.3, 0.4) is 0 Å². The molecule has 0 bridgehead atoms. The van der Waals surface area contributed by atoms with Crippen molar-refractivity contribution in [3.05, 3.63) is 0 Å². The van der Waals surface area contributed by atoms with E-state index >= 15 is 0 Å². The third-order valence-corrected chi connectivity index (χ3v) is 0.980. The molecule has 0 aromatic carbocycles. The molecule has 0 rings (SSSR count). The van der Waals surface area contributed by atoms with E-state index in [2.05, 4.69) is 27.8 Å². The van der Waals surface area contributed by atoms with Gasteiger partial charge in [0.05, 0.1) is 11.4 Å². The van der Waals surface area contributed by atoms with E-state index in [0.29, 0.717) is 0 Å². The van der Waals surface area contributed by atoms with Crippen molar-refractivity contribution in [1.29, 1.82) is 0 Å². The lowest BCUT2D eigenvalue weighted by Crippen LogP contribution is -1.98. The van der Waals surface area contributed by atoms with Crippen molar-refractivity contribution in [2.75, 3.05) is 6.61 Å². The van der Waals surface area contributed by atoms with Crippen LogP contribution in [-0.4, -0.2) is 16.5 Å². The maximum atomic E-state index is 8.32. The summed E-state index contributed by atoms with van der Waals surface area (Å²) in [6, 6.07) is 0. The minimum atomic E-state index is -0.0440. The smallest absolute Gasteiger partial charge is 0.0984 e. The molecule has 0 amide bonds. The SMILES string of the molecule is CC#CC(Br)CO. The van der Waals surface area contributed by atoms with Crippen molar-refractivity contribution < 1.29 is 5.11 Å². The van der Waals surface area contributed by atoms with Crippen LogP contribution in [0.2, 0.25) is 0 Å². The fourth-order valence-corrected chi connectivity index (χ4v) is 0.431. The van der Waals surface area contributed by atoms with Gasteiger partial charge in [-0.15, -0.1) is 5.92 Å². The number of hydrogen-bond donors (Lipinski definition) is 1. The molecule has 1 unspecified atom stereocenters. The number of aliphatic hydroxyl groups is 1.